The molecule has 1 aromatic carbocycles. The Kier molecular flexibility index (Phi) is 6.19. The molecule has 0 spiro atoms. The van der Waals surface area contributed by atoms with E-state index in [9.17, 15) is 4.79 Å². The molecule has 2 N–H and O–H groups in total. The maximum absolute atomic E-state index is 12.0. The van der Waals surface area contributed by atoms with Gasteiger partial charge in [-0.05, 0) is 24.1 Å². The minimum atomic E-state index is -0.133. The highest BCUT2D eigenvalue weighted by molar-refractivity contribution is 9.10. The summed E-state index contributed by atoms with van der Waals surface area (Å²) in [4.78, 5) is 16.5. The monoisotopic (exact) mass is 428 g/mol. The van der Waals surface area contributed by atoms with Crippen molar-refractivity contribution in [3.63, 3.8) is 0 Å². The number of nitrogens with zero attached hydrogens (tertiary/aromatic N) is 2. The van der Waals surface area contributed by atoms with Crippen LogP contribution in [-0.2, 0) is 11.2 Å². The summed E-state index contributed by atoms with van der Waals surface area (Å²) in [6.07, 6.45) is 6.14. The van der Waals surface area contributed by atoms with Crippen molar-refractivity contribution < 1.29 is 4.79 Å². The van der Waals surface area contributed by atoms with Gasteiger partial charge >= 0.3 is 0 Å². The molecule has 1 aliphatic carbocycles. The van der Waals surface area contributed by atoms with E-state index in [0.29, 0.717) is 15.9 Å². The van der Waals surface area contributed by atoms with Gasteiger partial charge in [-0.25, -0.2) is 4.98 Å². The molecule has 5 nitrogen and oxygen atoms in total. The molecule has 24 heavy (non-hydrogen) atoms. The van der Waals surface area contributed by atoms with Crippen molar-refractivity contribution in [2.45, 2.75) is 37.3 Å². The zero-order valence-corrected chi connectivity index (χ0v) is 16.2. The highest BCUT2D eigenvalue weighted by atomic mass is 79.9. The molecule has 1 heterocycles. The normalized spacial score (nSPS) is 14.9. The van der Waals surface area contributed by atoms with E-state index in [1.54, 1.807) is 12.1 Å². The molecule has 0 bridgehead atoms. The number of halogens is 2. The maximum atomic E-state index is 12.0. The van der Waals surface area contributed by atoms with Gasteiger partial charge in [-0.1, -0.05) is 65.0 Å². The van der Waals surface area contributed by atoms with Crippen molar-refractivity contribution in [2.75, 3.05) is 11.1 Å². The van der Waals surface area contributed by atoms with Gasteiger partial charge in [-0.2, -0.15) is 0 Å². The number of hydrogen-bond acceptors (Lipinski definition) is 4. The zero-order valence-electron chi connectivity index (χ0n) is 13.0. The Morgan fingerprint density at radius 2 is 2.21 bits per heavy atom. The molecule has 1 aromatic heterocycles. The fourth-order valence-corrected chi connectivity index (χ4v) is 4.17. The van der Waals surface area contributed by atoms with Gasteiger partial charge in [0.15, 0.2) is 0 Å². The van der Waals surface area contributed by atoms with Gasteiger partial charge in [0.1, 0.15) is 5.82 Å². The van der Waals surface area contributed by atoms with Crippen LogP contribution >= 0.6 is 39.3 Å². The Hall–Kier alpha value is -1.05. The second kappa shape index (κ2) is 8.36. The number of nitrogens with one attached hydrogen (secondary N) is 2. The Bertz CT molecular complexity index is 718. The first-order valence-electron chi connectivity index (χ1n) is 7.89. The van der Waals surface area contributed by atoms with Crippen LogP contribution in [0.5, 0.6) is 0 Å². The summed E-state index contributed by atoms with van der Waals surface area (Å²) in [5.74, 6) is 1.75. The average molecular weight is 430 g/mol. The number of benzene rings is 1. The van der Waals surface area contributed by atoms with Crippen molar-refractivity contribution in [3.8, 4) is 0 Å². The Balaban J connectivity index is 1.48. The lowest BCUT2D eigenvalue weighted by Gasteiger charge is -2.06. The number of carbonyl (C=O) groups excluding carboxylic acids is 1. The molecule has 0 aliphatic heterocycles. The maximum Gasteiger partial charge on any atom is 0.234 e. The molecule has 8 heteroatoms. The standard InChI is InChI=1S/C16H18BrClN4OS/c17-11-5-6-13(12(18)8-11)19-15(23)9-24-16-20-14(21-22-16)7-10-3-1-2-4-10/h5-6,8,10H,1-4,7,9H2,(H,19,23)(H,20,21,22). The fourth-order valence-electron chi connectivity index (χ4n) is 2.83. The summed E-state index contributed by atoms with van der Waals surface area (Å²) in [7, 11) is 0. The van der Waals surface area contributed by atoms with E-state index in [2.05, 4.69) is 36.4 Å². The summed E-state index contributed by atoms with van der Waals surface area (Å²) in [5, 5.41) is 11.1. The van der Waals surface area contributed by atoms with Gasteiger partial charge in [-0.15, -0.1) is 5.10 Å². The minimum Gasteiger partial charge on any atom is -0.324 e. The van der Waals surface area contributed by atoms with Crippen LogP contribution in [0.25, 0.3) is 0 Å². The molecule has 128 valence electrons. The number of thioether (sulfide) groups is 1. The zero-order chi connectivity index (χ0) is 16.9. The van der Waals surface area contributed by atoms with Gasteiger partial charge in [-0.3, -0.25) is 9.89 Å². The first kappa shape index (κ1) is 17.8. The number of carbonyl (C=O) groups is 1. The third-order valence-corrected chi connectivity index (χ3v) is 5.66. The van der Waals surface area contributed by atoms with E-state index in [1.165, 1.54) is 37.4 Å². The van der Waals surface area contributed by atoms with E-state index in [1.807, 2.05) is 6.07 Å². The lowest BCUT2D eigenvalue weighted by atomic mass is 10.0. The lowest BCUT2D eigenvalue weighted by Crippen LogP contribution is -2.14. The van der Waals surface area contributed by atoms with Crippen LogP contribution < -0.4 is 5.32 Å². The number of anilines is 1. The van der Waals surface area contributed by atoms with Crippen molar-refractivity contribution >= 4 is 50.9 Å². The van der Waals surface area contributed by atoms with Crippen LogP contribution in [0.3, 0.4) is 0 Å². The van der Waals surface area contributed by atoms with E-state index in [-0.39, 0.29) is 11.7 Å². The number of aromatic nitrogens is 3. The molecule has 3 rings (SSSR count). The van der Waals surface area contributed by atoms with Gasteiger partial charge < -0.3 is 5.32 Å². The molecule has 1 amide bonds. The number of rotatable bonds is 6. The molecule has 2 aromatic rings. The van der Waals surface area contributed by atoms with Crippen LogP contribution in [0, 0.1) is 5.92 Å². The van der Waals surface area contributed by atoms with Crippen LogP contribution in [0.4, 0.5) is 5.69 Å². The van der Waals surface area contributed by atoms with Gasteiger partial charge in [0.2, 0.25) is 11.1 Å². The first-order valence-corrected chi connectivity index (χ1v) is 10.0. The molecule has 0 radical (unpaired) electrons. The van der Waals surface area contributed by atoms with E-state index >= 15 is 0 Å². The molecule has 1 fully saturated rings. The minimum absolute atomic E-state index is 0.133. The smallest absolute Gasteiger partial charge is 0.234 e. The number of hydrogen-bond donors (Lipinski definition) is 2. The number of aromatic amines is 1. The van der Waals surface area contributed by atoms with Gasteiger partial charge in [0.25, 0.3) is 0 Å². The highest BCUT2D eigenvalue weighted by Gasteiger charge is 2.17. The predicted molar refractivity (Wildman–Crippen MR) is 101 cm³/mol. The summed E-state index contributed by atoms with van der Waals surface area (Å²) in [5.41, 5.74) is 0.599. The van der Waals surface area contributed by atoms with Crippen LogP contribution in [0.1, 0.15) is 31.5 Å². The second-order valence-corrected chi connectivity index (χ2v) is 8.15. The average Bonchev–Trinajstić information content (AvgIpc) is 3.20. The number of H-pyrrole nitrogens is 1. The second-order valence-electron chi connectivity index (χ2n) is 5.88. The van der Waals surface area contributed by atoms with Crippen molar-refractivity contribution in [2.24, 2.45) is 5.92 Å². The molecule has 0 saturated heterocycles. The third kappa shape index (κ3) is 4.97. The fraction of sp³-hybridized carbons (Fsp3) is 0.438. The summed E-state index contributed by atoms with van der Waals surface area (Å²) in [6.45, 7) is 0. The third-order valence-electron chi connectivity index (χ3n) is 4.01. The van der Waals surface area contributed by atoms with Gasteiger partial charge in [0, 0.05) is 10.9 Å². The number of amides is 1. The summed E-state index contributed by atoms with van der Waals surface area (Å²) < 4.78 is 0.871. The summed E-state index contributed by atoms with van der Waals surface area (Å²) in [6, 6.07) is 5.34. The Morgan fingerprint density at radius 3 is 2.96 bits per heavy atom. The SMILES string of the molecule is O=C(CSc1n[nH]c(CC2CCCC2)n1)Nc1ccc(Br)cc1Cl. The summed E-state index contributed by atoms with van der Waals surface area (Å²) >= 11 is 10.7. The lowest BCUT2D eigenvalue weighted by molar-refractivity contribution is -0.113. The molecule has 1 aliphatic rings. The largest absolute Gasteiger partial charge is 0.324 e. The highest BCUT2D eigenvalue weighted by Crippen LogP contribution is 2.28. The molecule has 1 saturated carbocycles. The van der Waals surface area contributed by atoms with Gasteiger partial charge in [0.05, 0.1) is 16.5 Å². The predicted octanol–water partition coefficient (Wildman–Crippen LogP) is 4.68. The molecule has 0 atom stereocenters. The van der Waals surface area contributed by atoms with Crippen LogP contribution in [0.2, 0.25) is 5.02 Å². The molecular formula is C16H18BrClN4OS. The van der Waals surface area contributed by atoms with E-state index < -0.39 is 0 Å². The van der Waals surface area contributed by atoms with E-state index in [0.717, 1.165) is 22.6 Å². The molecule has 0 unspecified atom stereocenters. The Labute approximate surface area is 158 Å². The van der Waals surface area contributed by atoms with Crippen LogP contribution in [0.15, 0.2) is 27.8 Å². The van der Waals surface area contributed by atoms with E-state index in [4.69, 9.17) is 11.6 Å². The quantitative estimate of drug-likeness (QED) is 0.654. The van der Waals surface area contributed by atoms with Crippen molar-refractivity contribution in [3.05, 3.63) is 33.5 Å². The molecular weight excluding hydrogens is 412 g/mol. The van der Waals surface area contributed by atoms with Crippen molar-refractivity contribution in [1.82, 2.24) is 15.2 Å². The first-order chi connectivity index (χ1) is 11.6. The van der Waals surface area contributed by atoms with Crippen LogP contribution in [-0.4, -0.2) is 26.8 Å². The topological polar surface area (TPSA) is 70.7 Å². The van der Waals surface area contributed by atoms with Crippen molar-refractivity contribution in [1.29, 1.82) is 0 Å². The Morgan fingerprint density at radius 1 is 1.42 bits per heavy atom.